The third kappa shape index (κ3) is 3.43. The third-order valence-electron chi connectivity index (χ3n) is 4.53. The fraction of sp³-hybridized carbons (Fsp3) is 0.389. The first-order valence-corrected chi connectivity index (χ1v) is 10.8. The number of hydrogen-bond donors (Lipinski definition) is 0. The Balaban J connectivity index is 1.84. The van der Waals surface area contributed by atoms with E-state index in [0.717, 1.165) is 5.56 Å². The van der Waals surface area contributed by atoms with Crippen molar-refractivity contribution in [3.63, 3.8) is 0 Å². The van der Waals surface area contributed by atoms with E-state index in [1.165, 1.54) is 21.0 Å². The van der Waals surface area contributed by atoms with Crippen LogP contribution in [0.15, 0.2) is 29.6 Å². The molecular weight excluding hydrogens is 356 g/mol. The lowest BCUT2D eigenvalue weighted by Gasteiger charge is -2.22. The van der Waals surface area contributed by atoms with Crippen LogP contribution < -0.4 is 4.31 Å². The second-order valence-corrected chi connectivity index (χ2v) is 9.50. The van der Waals surface area contributed by atoms with Gasteiger partial charge in [-0.2, -0.15) is 0 Å². The second kappa shape index (κ2) is 6.46. The molecule has 1 aliphatic heterocycles. The number of benzene rings is 1. The number of thiophene rings is 1. The van der Waals surface area contributed by atoms with Crippen LogP contribution in [0.3, 0.4) is 0 Å². The molecule has 0 radical (unpaired) electrons. The summed E-state index contributed by atoms with van der Waals surface area (Å²) in [6.45, 7) is 4.50. The zero-order valence-electron chi connectivity index (χ0n) is 14.8. The predicted molar refractivity (Wildman–Crippen MR) is 102 cm³/mol. The lowest BCUT2D eigenvalue weighted by molar-refractivity contribution is 0.0786. The number of rotatable bonds is 4. The maximum absolute atomic E-state index is 12.7. The van der Waals surface area contributed by atoms with Gasteiger partial charge in [-0.15, -0.1) is 11.3 Å². The number of amides is 1. The van der Waals surface area contributed by atoms with Crippen molar-refractivity contribution in [2.45, 2.75) is 32.9 Å². The second-order valence-electron chi connectivity index (χ2n) is 6.64. The van der Waals surface area contributed by atoms with Gasteiger partial charge >= 0.3 is 0 Å². The molecule has 0 bridgehead atoms. The molecular formula is C18H22N2O3S2. The van der Waals surface area contributed by atoms with Crippen LogP contribution in [0.25, 0.3) is 0 Å². The highest BCUT2D eigenvalue weighted by atomic mass is 32.2. The fourth-order valence-electron chi connectivity index (χ4n) is 3.31. The van der Waals surface area contributed by atoms with Crippen molar-refractivity contribution < 1.29 is 13.2 Å². The van der Waals surface area contributed by atoms with E-state index in [2.05, 4.69) is 6.07 Å². The molecule has 0 aliphatic carbocycles. The topological polar surface area (TPSA) is 57.7 Å². The predicted octanol–water partition coefficient (Wildman–Crippen LogP) is 3.04. The van der Waals surface area contributed by atoms with E-state index in [4.69, 9.17) is 0 Å². The van der Waals surface area contributed by atoms with Crippen molar-refractivity contribution >= 4 is 33.0 Å². The van der Waals surface area contributed by atoms with Crippen molar-refractivity contribution in [3.05, 3.63) is 51.2 Å². The molecule has 0 unspecified atom stereocenters. The number of anilines is 1. The summed E-state index contributed by atoms with van der Waals surface area (Å²) in [5, 5.41) is 2.03. The maximum atomic E-state index is 12.7. The molecule has 0 N–H and O–H groups in total. The first-order chi connectivity index (χ1) is 11.7. The minimum Gasteiger partial charge on any atom is -0.337 e. The smallest absolute Gasteiger partial charge is 0.253 e. The van der Waals surface area contributed by atoms with Crippen LogP contribution in [0.1, 0.15) is 33.3 Å². The minimum absolute atomic E-state index is 0.0546. The molecule has 3 rings (SSSR count). The molecule has 2 heterocycles. The zero-order chi connectivity index (χ0) is 18.4. The molecule has 25 heavy (non-hydrogen) atoms. The highest BCUT2D eigenvalue weighted by Gasteiger charge is 2.33. The van der Waals surface area contributed by atoms with E-state index in [1.54, 1.807) is 35.4 Å². The van der Waals surface area contributed by atoms with Crippen LogP contribution in [0.5, 0.6) is 0 Å². The van der Waals surface area contributed by atoms with E-state index in [-0.39, 0.29) is 11.9 Å². The zero-order valence-corrected chi connectivity index (χ0v) is 16.4. The van der Waals surface area contributed by atoms with E-state index in [0.29, 0.717) is 24.2 Å². The van der Waals surface area contributed by atoms with Crippen molar-refractivity contribution in [2.75, 3.05) is 17.6 Å². The standard InChI is InChI=1S/C18H22N2O3S2/c1-12-7-8-24-17(12)11-19(3)18(21)14-5-6-16-15(10-14)9-13(2)20(16)25(4,22)23/h5-8,10,13H,9,11H2,1-4H3/t13-/m1/s1. The number of hydrogen-bond acceptors (Lipinski definition) is 4. The van der Waals surface area contributed by atoms with Gasteiger partial charge in [-0.1, -0.05) is 0 Å². The van der Waals surface area contributed by atoms with E-state index < -0.39 is 10.0 Å². The van der Waals surface area contributed by atoms with Gasteiger partial charge in [0.2, 0.25) is 10.0 Å². The molecule has 0 saturated carbocycles. The molecule has 0 spiro atoms. The van der Waals surface area contributed by atoms with Gasteiger partial charge < -0.3 is 4.90 Å². The van der Waals surface area contributed by atoms with Crippen molar-refractivity contribution in [1.29, 1.82) is 0 Å². The van der Waals surface area contributed by atoms with Gasteiger partial charge in [0, 0.05) is 23.5 Å². The number of aryl methyl sites for hydroxylation is 1. The fourth-order valence-corrected chi connectivity index (χ4v) is 5.54. The Morgan fingerprint density at radius 2 is 2.08 bits per heavy atom. The van der Waals surface area contributed by atoms with Crippen LogP contribution in [0, 0.1) is 6.92 Å². The number of sulfonamides is 1. The molecule has 1 atom stereocenters. The van der Waals surface area contributed by atoms with Gasteiger partial charge in [-0.05, 0) is 61.0 Å². The molecule has 1 aromatic heterocycles. The Morgan fingerprint density at radius 3 is 2.68 bits per heavy atom. The van der Waals surface area contributed by atoms with Gasteiger partial charge in [0.1, 0.15) is 0 Å². The summed E-state index contributed by atoms with van der Waals surface area (Å²) in [6, 6.07) is 7.22. The minimum atomic E-state index is -3.31. The Bertz CT molecular complexity index is 918. The van der Waals surface area contributed by atoms with Crippen molar-refractivity contribution in [2.24, 2.45) is 0 Å². The first kappa shape index (κ1) is 17.9. The molecule has 5 nitrogen and oxygen atoms in total. The number of nitrogens with zero attached hydrogens (tertiary/aromatic N) is 2. The average Bonchev–Trinajstić information content (AvgIpc) is 3.07. The summed E-state index contributed by atoms with van der Waals surface area (Å²) in [4.78, 5) is 15.6. The summed E-state index contributed by atoms with van der Waals surface area (Å²) < 4.78 is 25.4. The van der Waals surface area contributed by atoms with Gasteiger partial charge in [-0.3, -0.25) is 9.10 Å². The van der Waals surface area contributed by atoms with Crippen LogP contribution in [0.2, 0.25) is 0 Å². The average molecular weight is 379 g/mol. The SMILES string of the molecule is Cc1ccsc1CN(C)C(=O)c1ccc2c(c1)C[C@@H](C)N2S(C)(=O)=O. The Kier molecular flexibility index (Phi) is 4.64. The van der Waals surface area contributed by atoms with Crippen molar-refractivity contribution in [1.82, 2.24) is 4.90 Å². The van der Waals surface area contributed by atoms with Crippen LogP contribution in [-0.2, 0) is 23.0 Å². The summed E-state index contributed by atoms with van der Waals surface area (Å²) in [6.07, 6.45) is 1.84. The summed E-state index contributed by atoms with van der Waals surface area (Å²) in [5.74, 6) is -0.0546. The lowest BCUT2D eigenvalue weighted by atomic mass is 10.1. The maximum Gasteiger partial charge on any atom is 0.253 e. The monoisotopic (exact) mass is 378 g/mol. The normalized spacial score (nSPS) is 16.8. The van der Waals surface area contributed by atoms with Gasteiger partial charge in [0.15, 0.2) is 0 Å². The van der Waals surface area contributed by atoms with Crippen LogP contribution in [-0.4, -0.2) is 38.6 Å². The molecule has 0 saturated heterocycles. The molecule has 7 heteroatoms. The van der Waals surface area contributed by atoms with Crippen molar-refractivity contribution in [3.8, 4) is 0 Å². The number of fused-ring (bicyclic) bond motifs is 1. The van der Waals surface area contributed by atoms with Gasteiger partial charge in [0.05, 0.1) is 18.5 Å². The van der Waals surface area contributed by atoms with Crippen LogP contribution >= 0.6 is 11.3 Å². The highest BCUT2D eigenvalue weighted by molar-refractivity contribution is 7.92. The van der Waals surface area contributed by atoms with Crippen LogP contribution in [0.4, 0.5) is 5.69 Å². The molecule has 0 fully saturated rings. The molecule has 134 valence electrons. The van der Waals surface area contributed by atoms with E-state index >= 15 is 0 Å². The summed E-state index contributed by atoms with van der Waals surface area (Å²) in [5.41, 5.74) is 3.38. The molecule has 2 aromatic rings. The number of carbonyl (C=O) groups excluding carboxylic acids is 1. The molecule has 1 aliphatic rings. The number of carbonyl (C=O) groups is 1. The molecule has 1 amide bonds. The first-order valence-electron chi connectivity index (χ1n) is 8.09. The summed E-state index contributed by atoms with van der Waals surface area (Å²) >= 11 is 1.65. The van der Waals surface area contributed by atoms with Gasteiger partial charge in [-0.25, -0.2) is 8.42 Å². The Morgan fingerprint density at radius 1 is 1.36 bits per heavy atom. The van der Waals surface area contributed by atoms with E-state index in [9.17, 15) is 13.2 Å². The third-order valence-corrected chi connectivity index (χ3v) is 6.81. The Labute approximate surface area is 152 Å². The largest absolute Gasteiger partial charge is 0.337 e. The lowest BCUT2D eigenvalue weighted by Crippen LogP contribution is -2.34. The van der Waals surface area contributed by atoms with Gasteiger partial charge in [0.25, 0.3) is 5.91 Å². The highest BCUT2D eigenvalue weighted by Crippen LogP contribution is 2.35. The Hall–Kier alpha value is -1.86. The molecule has 1 aromatic carbocycles. The van der Waals surface area contributed by atoms with E-state index in [1.807, 2.05) is 25.3 Å². The quantitative estimate of drug-likeness (QED) is 0.822. The summed E-state index contributed by atoms with van der Waals surface area (Å²) in [7, 11) is -1.52.